The van der Waals surface area contributed by atoms with Crippen molar-refractivity contribution in [2.75, 3.05) is 0 Å². The van der Waals surface area contributed by atoms with Crippen molar-refractivity contribution in [1.29, 1.82) is 0 Å². The molecule has 2 aliphatic carbocycles. The zero-order valence-electron chi connectivity index (χ0n) is 10.3. The van der Waals surface area contributed by atoms with Crippen LogP contribution in [0, 0.1) is 0 Å². The molecule has 0 aromatic heterocycles. The molecule has 0 atom stereocenters. The van der Waals surface area contributed by atoms with Gasteiger partial charge in [0, 0.05) is 16.8 Å². The van der Waals surface area contributed by atoms with Gasteiger partial charge < -0.3 is 0 Å². The van der Waals surface area contributed by atoms with Crippen LogP contribution in [0.3, 0.4) is 0 Å². The van der Waals surface area contributed by atoms with Crippen molar-refractivity contribution in [3.63, 3.8) is 0 Å². The van der Waals surface area contributed by atoms with E-state index in [0.717, 1.165) is 0 Å². The molecule has 1 radical (unpaired) electrons. The van der Waals surface area contributed by atoms with Gasteiger partial charge in [0.05, 0.1) is 0 Å². The van der Waals surface area contributed by atoms with Crippen LogP contribution in [0.2, 0.25) is 0 Å². The largest absolute Gasteiger partial charge is 0.213 e. The van der Waals surface area contributed by atoms with Crippen LogP contribution in [0.4, 0.5) is 0 Å². The molecule has 0 bridgehead atoms. The molecule has 17 heavy (non-hydrogen) atoms. The van der Waals surface area contributed by atoms with Crippen LogP contribution in [0.5, 0.6) is 0 Å². The topological polar surface area (TPSA) is 0 Å². The van der Waals surface area contributed by atoms with Gasteiger partial charge in [-0.2, -0.15) is 17.2 Å². The molecule has 1 heteroatoms. The summed E-state index contributed by atoms with van der Waals surface area (Å²) in [6.07, 6.45) is 18.0. The third-order valence-electron chi connectivity index (χ3n) is 3.23. The zero-order valence-corrected chi connectivity index (χ0v) is 11.4. The number of allylic oxidation sites excluding steroid dienone is 4. The second kappa shape index (κ2) is 8.43. The second-order valence-corrected chi connectivity index (χ2v) is 4.53. The Bertz CT molecular complexity index is 313. The first-order chi connectivity index (χ1) is 7.97. The summed E-state index contributed by atoms with van der Waals surface area (Å²) in [7, 11) is 0. The minimum absolute atomic E-state index is 0. The Labute approximate surface area is 115 Å². The molecule has 3 rings (SSSR count). The Kier molecular flexibility index (Phi) is 7.14. The monoisotopic (exact) mass is 272 g/mol. The fourth-order valence-corrected chi connectivity index (χ4v) is 2.31. The van der Waals surface area contributed by atoms with Crippen molar-refractivity contribution in [2.45, 2.75) is 44.9 Å². The molecule has 1 aromatic rings. The minimum atomic E-state index is 0. The van der Waals surface area contributed by atoms with Gasteiger partial charge in [-0.25, -0.2) is 12.1 Å². The van der Waals surface area contributed by atoms with Gasteiger partial charge in [0.15, 0.2) is 0 Å². The number of fused-ring (bicyclic) bond motifs is 1. The maximum Gasteiger partial charge on any atom is 0 e. The van der Waals surface area contributed by atoms with E-state index in [1.165, 1.54) is 44.9 Å². The third kappa shape index (κ3) is 5.01. The molecule has 0 N–H and O–H groups in total. The summed E-state index contributed by atoms with van der Waals surface area (Å²) in [5, 5.41) is 0. The van der Waals surface area contributed by atoms with Gasteiger partial charge in [-0.15, -0.1) is 0 Å². The molecule has 0 saturated carbocycles. The molecular weight excluding hydrogens is 251 g/mol. The zero-order chi connectivity index (χ0) is 11.1. The van der Waals surface area contributed by atoms with Gasteiger partial charge in [-0.1, -0.05) is 43.6 Å². The summed E-state index contributed by atoms with van der Waals surface area (Å²) < 4.78 is 0. The van der Waals surface area contributed by atoms with Gasteiger partial charge in [0.2, 0.25) is 0 Å². The van der Waals surface area contributed by atoms with Gasteiger partial charge in [0.25, 0.3) is 0 Å². The van der Waals surface area contributed by atoms with Crippen molar-refractivity contribution < 1.29 is 16.8 Å². The molecule has 0 unspecified atom stereocenters. The summed E-state index contributed by atoms with van der Waals surface area (Å²) in [5.74, 6) is 0. The molecule has 1 aromatic carbocycles. The Morgan fingerprint density at radius 3 is 2.00 bits per heavy atom. The normalized spacial score (nSPS) is 19.1. The molecule has 0 fully saturated rings. The van der Waals surface area contributed by atoms with Crippen molar-refractivity contribution in [3.8, 4) is 0 Å². The Morgan fingerprint density at radius 2 is 1.47 bits per heavy atom. The van der Waals surface area contributed by atoms with Crippen LogP contribution in [0.25, 0.3) is 0 Å². The van der Waals surface area contributed by atoms with E-state index in [1.807, 2.05) is 0 Å². The Balaban J connectivity index is 0.000000161. The maximum absolute atomic E-state index is 2.27. The van der Waals surface area contributed by atoms with Crippen LogP contribution in [0.15, 0.2) is 42.5 Å². The Morgan fingerprint density at radius 1 is 0.882 bits per heavy atom. The molecule has 0 amide bonds. The first-order valence-electron chi connectivity index (χ1n) is 6.50. The maximum atomic E-state index is 2.27. The van der Waals surface area contributed by atoms with E-state index in [4.69, 9.17) is 0 Å². The molecule has 2 aliphatic rings. The van der Waals surface area contributed by atoms with Crippen LogP contribution in [-0.4, -0.2) is 0 Å². The van der Waals surface area contributed by atoms with Gasteiger partial charge in [0.1, 0.15) is 0 Å². The van der Waals surface area contributed by atoms with E-state index >= 15 is 0 Å². The van der Waals surface area contributed by atoms with Crippen molar-refractivity contribution in [3.05, 3.63) is 53.6 Å². The van der Waals surface area contributed by atoms with E-state index in [-0.39, 0.29) is 16.8 Å². The number of hydrogen-bond acceptors (Lipinski definition) is 0. The molecule has 0 heterocycles. The predicted molar refractivity (Wildman–Crippen MR) is 70.8 cm³/mol. The molecule has 0 saturated heterocycles. The van der Waals surface area contributed by atoms with Crippen molar-refractivity contribution >= 4 is 0 Å². The van der Waals surface area contributed by atoms with E-state index in [9.17, 15) is 0 Å². The van der Waals surface area contributed by atoms with Crippen LogP contribution in [-0.2, 0) is 29.6 Å². The molecule has 0 aliphatic heterocycles. The molecule has 0 nitrogen and oxygen atoms in total. The SMILES string of the molecule is C1=CCC/C=C\CC1.[Co].c1cc2[c-](c1)CCC2. The number of hydrogen-bond donors (Lipinski definition) is 0. The fraction of sp³-hybridized carbons (Fsp3) is 0.438. The summed E-state index contributed by atoms with van der Waals surface area (Å²) >= 11 is 0. The first-order valence-corrected chi connectivity index (χ1v) is 6.50. The predicted octanol–water partition coefficient (Wildman–Crippen LogP) is 4.56. The van der Waals surface area contributed by atoms with E-state index in [1.54, 1.807) is 11.1 Å². The summed E-state index contributed by atoms with van der Waals surface area (Å²) in [6, 6.07) is 6.63. The summed E-state index contributed by atoms with van der Waals surface area (Å²) in [6.45, 7) is 0. The summed E-state index contributed by atoms with van der Waals surface area (Å²) in [4.78, 5) is 0. The standard InChI is InChI=1S/C8H9.C8H12.Co/c1-3-7-5-2-6-8(7)4-1;1-2-4-6-8-7-5-3-1;/h1,3-4H,2,5-6H2;1-2,7-8H,3-6H2;/q-1;;/b;2-1-,8-7?;. The first kappa shape index (κ1) is 14.4. The van der Waals surface area contributed by atoms with Crippen LogP contribution in [0.1, 0.15) is 43.2 Å². The molecule has 0 spiro atoms. The van der Waals surface area contributed by atoms with E-state index < -0.39 is 0 Å². The average molecular weight is 272 g/mol. The van der Waals surface area contributed by atoms with Gasteiger partial charge >= 0.3 is 0 Å². The molecular formula is C16H21Co-. The quantitative estimate of drug-likeness (QED) is 0.479. The minimum Gasteiger partial charge on any atom is -0.213 e. The fourth-order valence-electron chi connectivity index (χ4n) is 2.31. The van der Waals surface area contributed by atoms with Crippen LogP contribution < -0.4 is 0 Å². The average Bonchev–Trinajstić information content (AvgIpc) is 2.77. The van der Waals surface area contributed by atoms with Gasteiger partial charge in [-0.05, 0) is 25.7 Å². The third-order valence-corrected chi connectivity index (χ3v) is 3.23. The van der Waals surface area contributed by atoms with Crippen LogP contribution >= 0.6 is 0 Å². The summed E-state index contributed by atoms with van der Waals surface area (Å²) in [5.41, 5.74) is 3.18. The second-order valence-electron chi connectivity index (χ2n) is 4.53. The van der Waals surface area contributed by atoms with Gasteiger partial charge in [-0.3, -0.25) is 0 Å². The smallest absolute Gasteiger partial charge is 0 e. The van der Waals surface area contributed by atoms with E-state index in [2.05, 4.69) is 42.5 Å². The number of aryl methyl sites for hydroxylation is 2. The Hall–Kier alpha value is -0.664. The van der Waals surface area contributed by atoms with Crippen molar-refractivity contribution in [2.24, 2.45) is 0 Å². The molecule has 95 valence electrons. The van der Waals surface area contributed by atoms with Crippen molar-refractivity contribution in [1.82, 2.24) is 0 Å². The van der Waals surface area contributed by atoms with E-state index in [0.29, 0.717) is 0 Å². The number of rotatable bonds is 0.